The molecule has 21 heavy (non-hydrogen) atoms. The number of rotatable bonds is 3. The van der Waals surface area contributed by atoms with Gasteiger partial charge in [-0.3, -0.25) is 0 Å². The molecule has 0 bridgehead atoms. The quantitative estimate of drug-likeness (QED) is 0.888. The summed E-state index contributed by atoms with van der Waals surface area (Å²) in [5.74, 6) is -0.345. The van der Waals surface area contributed by atoms with Crippen LogP contribution in [-0.2, 0) is 0 Å². The maximum atomic E-state index is 12.2. The van der Waals surface area contributed by atoms with Crippen molar-refractivity contribution in [1.82, 2.24) is 4.90 Å². The number of anilines is 1. The highest BCUT2D eigenvalue weighted by molar-refractivity contribution is 6.37. The van der Waals surface area contributed by atoms with Crippen LogP contribution in [0.4, 0.5) is 19.3 Å². The van der Waals surface area contributed by atoms with E-state index >= 15 is 0 Å². The molecule has 2 amide bonds. The van der Waals surface area contributed by atoms with Crippen molar-refractivity contribution in [2.24, 2.45) is 0 Å². The Morgan fingerprint density at radius 1 is 1.43 bits per heavy atom. The highest BCUT2D eigenvalue weighted by Gasteiger charge is 2.25. The lowest BCUT2D eigenvalue weighted by molar-refractivity contribution is -0.0497. The van der Waals surface area contributed by atoms with Crippen LogP contribution >= 0.6 is 23.2 Å². The van der Waals surface area contributed by atoms with E-state index in [1.54, 1.807) is 0 Å². The highest BCUT2D eigenvalue weighted by Crippen LogP contribution is 2.37. The van der Waals surface area contributed by atoms with Gasteiger partial charge in [0.2, 0.25) is 0 Å². The number of aliphatic hydroxyl groups is 1. The van der Waals surface area contributed by atoms with Crippen molar-refractivity contribution in [2.75, 3.05) is 18.4 Å². The first-order valence-corrected chi connectivity index (χ1v) is 6.80. The van der Waals surface area contributed by atoms with E-state index in [4.69, 9.17) is 23.2 Å². The molecule has 2 rings (SSSR count). The molecule has 1 fully saturated rings. The van der Waals surface area contributed by atoms with Gasteiger partial charge in [-0.05, 0) is 18.6 Å². The minimum absolute atomic E-state index is 0.139. The lowest BCUT2D eigenvalue weighted by Crippen LogP contribution is -2.33. The molecular weight excluding hydrogens is 329 g/mol. The molecule has 9 heteroatoms. The van der Waals surface area contributed by atoms with Crippen molar-refractivity contribution in [2.45, 2.75) is 19.1 Å². The minimum Gasteiger partial charge on any atom is -0.432 e. The molecule has 1 atom stereocenters. The van der Waals surface area contributed by atoms with E-state index < -0.39 is 18.7 Å². The Morgan fingerprint density at radius 2 is 2.05 bits per heavy atom. The summed E-state index contributed by atoms with van der Waals surface area (Å²) in [4.78, 5) is 13.3. The Morgan fingerprint density at radius 3 is 2.52 bits per heavy atom. The molecule has 0 radical (unpaired) electrons. The molecule has 1 aromatic carbocycles. The Bertz CT molecular complexity index is 522. The van der Waals surface area contributed by atoms with Gasteiger partial charge in [0, 0.05) is 18.8 Å². The zero-order valence-electron chi connectivity index (χ0n) is 10.7. The van der Waals surface area contributed by atoms with Gasteiger partial charge in [0.1, 0.15) is 0 Å². The number of ether oxygens (including phenoxy) is 1. The van der Waals surface area contributed by atoms with E-state index in [-0.39, 0.29) is 28.0 Å². The molecule has 0 aliphatic carbocycles. The lowest BCUT2D eigenvalue weighted by Gasteiger charge is -2.17. The molecule has 0 saturated carbocycles. The number of hydrogen-bond acceptors (Lipinski definition) is 3. The second-order valence-corrected chi connectivity index (χ2v) is 5.28. The number of aliphatic hydroxyl groups excluding tert-OH is 1. The highest BCUT2D eigenvalue weighted by atomic mass is 35.5. The van der Waals surface area contributed by atoms with Gasteiger partial charge in [-0.25, -0.2) is 4.79 Å². The average molecular weight is 341 g/mol. The summed E-state index contributed by atoms with van der Waals surface area (Å²) in [7, 11) is 0. The molecule has 5 nitrogen and oxygen atoms in total. The van der Waals surface area contributed by atoms with E-state index in [1.807, 2.05) is 0 Å². The van der Waals surface area contributed by atoms with Gasteiger partial charge >= 0.3 is 12.6 Å². The summed E-state index contributed by atoms with van der Waals surface area (Å²) in [5, 5.41) is 11.6. The number of halogens is 4. The van der Waals surface area contributed by atoms with Gasteiger partial charge in [-0.15, -0.1) is 0 Å². The molecule has 0 unspecified atom stereocenters. The zero-order valence-corrected chi connectivity index (χ0v) is 12.2. The Hall–Kier alpha value is -1.31. The van der Waals surface area contributed by atoms with Gasteiger partial charge in [-0.2, -0.15) is 8.78 Å². The molecule has 0 spiro atoms. The predicted molar refractivity (Wildman–Crippen MR) is 74.3 cm³/mol. The molecule has 2 N–H and O–H groups in total. The van der Waals surface area contributed by atoms with Crippen molar-refractivity contribution in [1.29, 1.82) is 0 Å². The van der Waals surface area contributed by atoms with Crippen LogP contribution in [0.2, 0.25) is 10.0 Å². The average Bonchev–Trinajstić information content (AvgIpc) is 2.80. The molecular formula is C12H12Cl2F2N2O3. The molecule has 1 saturated heterocycles. The van der Waals surface area contributed by atoms with Crippen LogP contribution in [0, 0.1) is 0 Å². The van der Waals surface area contributed by atoms with Crippen LogP contribution in [0.25, 0.3) is 0 Å². The van der Waals surface area contributed by atoms with Crippen molar-refractivity contribution in [3.05, 3.63) is 22.2 Å². The number of likely N-dealkylation sites (tertiary alicyclic amines) is 1. The minimum atomic E-state index is -3.05. The van der Waals surface area contributed by atoms with E-state index in [0.29, 0.717) is 13.0 Å². The van der Waals surface area contributed by atoms with Crippen molar-refractivity contribution in [3.8, 4) is 5.75 Å². The topological polar surface area (TPSA) is 61.8 Å². The summed E-state index contributed by atoms with van der Waals surface area (Å²) in [6.45, 7) is -2.38. The first kappa shape index (κ1) is 16.1. The van der Waals surface area contributed by atoms with E-state index in [2.05, 4.69) is 10.1 Å². The lowest BCUT2D eigenvalue weighted by atomic mass is 10.3. The van der Waals surface area contributed by atoms with Crippen LogP contribution in [0.3, 0.4) is 0 Å². The molecule has 1 aliphatic heterocycles. The monoisotopic (exact) mass is 340 g/mol. The summed E-state index contributed by atoms with van der Waals surface area (Å²) in [6.07, 6.45) is -0.0273. The van der Waals surface area contributed by atoms with E-state index in [9.17, 15) is 18.7 Å². The number of urea groups is 1. The molecule has 116 valence electrons. The summed E-state index contributed by atoms with van der Waals surface area (Å²) in [5.41, 5.74) is 0.248. The number of benzene rings is 1. The normalized spacial score (nSPS) is 18.2. The fourth-order valence-electron chi connectivity index (χ4n) is 1.96. The third-order valence-corrected chi connectivity index (χ3v) is 3.47. The van der Waals surface area contributed by atoms with Crippen LogP contribution in [-0.4, -0.2) is 41.8 Å². The first-order valence-electron chi connectivity index (χ1n) is 6.04. The van der Waals surface area contributed by atoms with Gasteiger partial charge in [-0.1, -0.05) is 23.2 Å². The predicted octanol–water partition coefficient (Wildman–Crippen LogP) is 3.19. The molecule has 1 aromatic rings. The fraction of sp³-hybridized carbons (Fsp3) is 0.417. The number of amides is 2. The van der Waals surface area contributed by atoms with E-state index in [0.717, 1.165) is 0 Å². The number of alkyl halides is 2. The van der Waals surface area contributed by atoms with E-state index in [1.165, 1.54) is 17.0 Å². The zero-order chi connectivity index (χ0) is 15.6. The van der Waals surface area contributed by atoms with Crippen molar-refractivity contribution >= 4 is 34.9 Å². The van der Waals surface area contributed by atoms with Crippen molar-refractivity contribution in [3.63, 3.8) is 0 Å². The van der Waals surface area contributed by atoms with Crippen LogP contribution in [0.1, 0.15) is 6.42 Å². The van der Waals surface area contributed by atoms with Crippen LogP contribution < -0.4 is 10.1 Å². The van der Waals surface area contributed by atoms with Crippen LogP contribution in [0.15, 0.2) is 12.1 Å². The second-order valence-electron chi connectivity index (χ2n) is 4.47. The fourth-order valence-corrected chi connectivity index (χ4v) is 2.54. The van der Waals surface area contributed by atoms with Gasteiger partial charge in [0.15, 0.2) is 5.75 Å². The largest absolute Gasteiger partial charge is 0.432 e. The number of nitrogens with zero attached hydrogens (tertiary/aromatic N) is 1. The smallest absolute Gasteiger partial charge is 0.387 e. The number of carbonyl (C=O) groups is 1. The Balaban J connectivity index is 2.09. The second kappa shape index (κ2) is 6.64. The summed E-state index contributed by atoms with van der Waals surface area (Å²) >= 11 is 11.6. The van der Waals surface area contributed by atoms with Gasteiger partial charge < -0.3 is 20.1 Å². The Kier molecular flexibility index (Phi) is 5.08. The maximum absolute atomic E-state index is 12.2. The third kappa shape index (κ3) is 4.09. The van der Waals surface area contributed by atoms with Gasteiger partial charge in [0.25, 0.3) is 0 Å². The first-order chi connectivity index (χ1) is 9.86. The van der Waals surface area contributed by atoms with Crippen molar-refractivity contribution < 1.29 is 23.4 Å². The Labute approximate surface area is 129 Å². The van der Waals surface area contributed by atoms with Crippen LogP contribution in [0.5, 0.6) is 5.75 Å². The number of nitrogens with one attached hydrogen (secondary N) is 1. The van der Waals surface area contributed by atoms with Gasteiger partial charge in [0.05, 0.1) is 16.1 Å². The number of carbonyl (C=O) groups excluding carboxylic acids is 1. The number of hydrogen-bond donors (Lipinski definition) is 2. The summed E-state index contributed by atoms with van der Waals surface area (Å²) < 4.78 is 28.6. The summed E-state index contributed by atoms with van der Waals surface area (Å²) in [6, 6.07) is 2.09. The molecule has 1 heterocycles. The third-order valence-electron chi connectivity index (χ3n) is 2.91. The standard InChI is InChI=1S/C12H12Cl2F2N2O3/c13-8-3-6(4-9(14)10(8)21-11(15)16)17-12(20)18-2-1-7(19)5-18/h3-4,7,11,19H,1-2,5H2,(H,17,20)/t7-/m0/s1. The maximum Gasteiger partial charge on any atom is 0.387 e. The molecule has 0 aromatic heterocycles. The number of β-amino-alcohol motifs (C(OH)–C–C–N with tert-alkyl or cyclic N) is 1. The SMILES string of the molecule is O=C(Nc1cc(Cl)c(OC(F)F)c(Cl)c1)N1CC[C@H](O)C1. The molecule has 1 aliphatic rings.